The molecule has 6 heterocycles. The van der Waals surface area contributed by atoms with Gasteiger partial charge in [-0.05, 0) is 0 Å². The minimum atomic E-state index is -6.61. The number of hydroxylamine groups is 4. The van der Waals surface area contributed by atoms with Crippen LogP contribution in [0.4, 0.5) is 0 Å². The molecule has 4 bridgehead atoms. The van der Waals surface area contributed by atoms with Gasteiger partial charge in [0.1, 0.15) is 0 Å². The molecule has 48 heavy (non-hydrogen) atoms. The van der Waals surface area contributed by atoms with Crippen molar-refractivity contribution in [2.24, 2.45) is 23.7 Å². The first kappa shape index (κ1) is 31.4. The molecule has 0 saturated carbocycles. The maximum absolute atomic E-state index is 14.3. The molecule has 6 fully saturated rings. The Balaban J connectivity index is 1.32. The van der Waals surface area contributed by atoms with E-state index in [9.17, 15) is 19.2 Å². The van der Waals surface area contributed by atoms with E-state index in [1.165, 1.54) is 0 Å². The van der Waals surface area contributed by atoms with Gasteiger partial charge in [-0.1, -0.05) is 0 Å². The van der Waals surface area contributed by atoms with Gasteiger partial charge in [-0.3, -0.25) is 0 Å². The van der Waals surface area contributed by atoms with E-state index in [0.29, 0.717) is 51.3 Å². The zero-order valence-corrected chi connectivity index (χ0v) is 29.9. The van der Waals surface area contributed by atoms with E-state index in [0.717, 1.165) is 10.1 Å². The number of hydrogen-bond acceptors (Lipinski definition) is 8. The maximum atomic E-state index is 14.3. The molecular formula is C34H28Cl3N2O8Sb. The van der Waals surface area contributed by atoms with E-state index in [4.69, 9.17) is 50.5 Å². The molecule has 10 nitrogen and oxygen atoms in total. The first-order valence-electron chi connectivity index (χ1n) is 15.9. The second kappa shape index (κ2) is 11.0. The summed E-state index contributed by atoms with van der Waals surface area (Å²) >= 11 is 12.7. The Morgan fingerprint density at radius 3 is 0.979 bits per heavy atom. The van der Waals surface area contributed by atoms with Crippen LogP contribution in [0.25, 0.3) is 0 Å². The topological polar surface area (TPSA) is 112 Å². The van der Waals surface area contributed by atoms with Crippen LogP contribution in [0.3, 0.4) is 0 Å². The Kier molecular flexibility index (Phi) is 7.20. The average Bonchev–Trinajstić information content (AvgIpc) is 3.95. The zero-order valence-electron chi connectivity index (χ0n) is 25.1. The molecule has 0 aliphatic carbocycles. The number of hydrogen-bond donors (Lipinski definition) is 0. The Morgan fingerprint density at radius 2 is 0.729 bits per heavy atom. The first-order chi connectivity index (χ1) is 23.1. The number of nitrogens with zero attached hydrogens (tertiary/aromatic N) is 2. The summed E-state index contributed by atoms with van der Waals surface area (Å²) < 4.78 is 27.5. The van der Waals surface area contributed by atoms with Gasteiger partial charge in [0.05, 0.1) is 0 Å². The number of amides is 4. The summed E-state index contributed by atoms with van der Waals surface area (Å²) in [6.45, 7) is 0. The summed E-state index contributed by atoms with van der Waals surface area (Å²) in [5.41, 5.74) is 0. The number of rotatable bonds is 7. The molecule has 0 aromatic heterocycles. The number of carbonyl (C=O) groups is 4. The van der Waals surface area contributed by atoms with Crippen molar-refractivity contribution in [1.82, 2.24) is 10.1 Å². The summed E-state index contributed by atoms with van der Waals surface area (Å²) in [7, 11) is 0. The van der Waals surface area contributed by atoms with E-state index in [2.05, 4.69) is 0 Å². The van der Waals surface area contributed by atoms with Crippen LogP contribution >= 0.6 is 34.8 Å². The third kappa shape index (κ3) is 4.15. The first-order valence-corrected chi connectivity index (χ1v) is 22.9. The van der Waals surface area contributed by atoms with E-state index in [1.54, 1.807) is 72.8 Å². The van der Waals surface area contributed by atoms with Crippen molar-refractivity contribution >= 4 is 87.2 Å². The minimum absolute atomic E-state index is 0.394. The van der Waals surface area contributed by atoms with Gasteiger partial charge in [-0.2, -0.15) is 0 Å². The number of fused-ring (bicyclic) bond motifs is 10. The predicted octanol–water partition coefficient (Wildman–Crippen LogP) is 3.25. The molecule has 4 amide bonds. The molecule has 248 valence electrons. The number of imide groups is 2. The average molecular weight is 821 g/mol. The van der Waals surface area contributed by atoms with Gasteiger partial charge in [0.15, 0.2) is 0 Å². The molecule has 6 aliphatic heterocycles. The van der Waals surface area contributed by atoms with Crippen LogP contribution < -0.4 is 10.5 Å². The monoisotopic (exact) mass is 818 g/mol. The second-order valence-corrected chi connectivity index (χ2v) is 25.3. The SMILES string of the molecule is O=C1C2C(C(=O)N1[O][Sb]([O]N1C(=O)C3C(C1=O)[C@H]1CC[C@@H]3O1)([c]1ccc(Cl)cc1)([c]1ccc(Cl)cc1)[c]1ccc(Cl)cc1)[C@H]1CC[C@@H]2O1. The van der Waals surface area contributed by atoms with Crippen LogP contribution in [0.15, 0.2) is 72.8 Å². The molecule has 0 spiro atoms. The summed E-state index contributed by atoms with van der Waals surface area (Å²) in [6, 6.07) is 19.9. The molecule has 4 unspecified atom stereocenters. The molecule has 14 heteroatoms. The van der Waals surface area contributed by atoms with E-state index >= 15 is 0 Å². The Bertz CT molecular complexity index is 1660. The fourth-order valence-electron chi connectivity index (χ4n) is 8.72. The van der Waals surface area contributed by atoms with Gasteiger partial charge in [0, 0.05) is 0 Å². The van der Waals surface area contributed by atoms with Gasteiger partial charge in [0.25, 0.3) is 0 Å². The third-order valence-electron chi connectivity index (χ3n) is 10.8. The van der Waals surface area contributed by atoms with Crippen LogP contribution in [0, 0.1) is 23.7 Å². The molecule has 8 atom stereocenters. The summed E-state index contributed by atoms with van der Waals surface area (Å²) in [5, 5.41) is 2.83. The predicted molar refractivity (Wildman–Crippen MR) is 175 cm³/mol. The van der Waals surface area contributed by atoms with Crippen LogP contribution in [-0.2, 0) is 34.9 Å². The summed E-state index contributed by atoms with van der Waals surface area (Å²) in [4.78, 5) is 57.3. The molecular weight excluding hydrogens is 792 g/mol. The number of carbonyl (C=O) groups excluding carboxylic acids is 4. The van der Waals surface area contributed by atoms with Crippen LogP contribution in [-0.4, -0.2) is 76.4 Å². The van der Waals surface area contributed by atoms with E-state index < -0.39 is 90.0 Å². The van der Waals surface area contributed by atoms with Crippen molar-refractivity contribution < 1.29 is 34.9 Å². The fraction of sp³-hybridized carbons (Fsp3) is 0.353. The van der Waals surface area contributed by atoms with Crippen molar-refractivity contribution in [2.45, 2.75) is 50.1 Å². The molecule has 3 aromatic carbocycles. The molecule has 6 aliphatic rings. The van der Waals surface area contributed by atoms with Gasteiger partial charge in [-0.15, -0.1) is 0 Å². The van der Waals surface area contributed by atoms with E-state index in [1.807, 2.05) is 0 Å². The zero-order chi connectivity index (χ0) is 33.1. The Morgan fingerprint density at radius 1 is 0.479 bits per heavy atom. The van der Waals surface area contributed by atoms with Crippen molar-refractivity contribution in [2.75, 3.05) is 0 Å². The molecule has 0 radical (unpaired) electrons. The third-order valence-corrected chi connectivity index (χ3v) is 24.9. The van der Waals surface area contributed by atoms with Gasteiger partial charge < -0.3 is 0 Å². The van der Waals surface area contributed by atoms with Gasteiger partial charge in [0.2, 0.25) is 0 Å². The Hall–Kier alpha value is -2.53. The molecule has 3 aromatic rings. The van der Waals surface area contributed by atoms with Gasteiger partial charge in [-0.25, -0.2) is 0 Å². The van der Waals surface area contributed by atoms with Crippen molar-refractivity contribution in [3.05, 3.63) is 87.9 Å². The normalized spacial score (nSPS) is 32.7. The summed E-state index contributed by atoms with van der Waals surface area (Å²) in [5.74, 6) is -5.12. The fourth-order valence-corrected chi connectivity index (χ4v) is 22.0. The van der Waals surface area contributed by atoms with Crippen LogP contribution in [0.5, 0.6) is 0 Å². The quantitative estimate of drug-likeness (QED) is 0.264. The molecule has 9 rings (SSSR count). The van der Waals surface area contributed by atoms with Crippen LogP contribution in [0.1, 0.15) is 25.7 Å². The summed E-state index contributed by atoms with van der Waals surface area (Å²) in [6.07, 6.45) is 0.959. The second-order valence-electron chi connectivity index (χ2n) is 13.2. The number of ether oxygens (including phenoxy) is 2. The van der Waals surface area contributed by atoms with Gasteiger partial charge >= 0.3 is 294 Å². The van der Waals surface area contributed by atoms with Crippen LogP contribution in [0.2, 0.25) is 15.1 Å². The number of halogens is 3. The van der Waals surface area contributed by atoms with Crippen molar-refractivity contribution in [3.8, 4) is 0 Å². The standard InChI is InChI=1S/2C8H8NO4.3C6H4Cl.Sb/c2*10-7-5-3-1-2-4(13-3)6(5)8(11)9(7)12;3*7-6-4-2-1-3-5-6;/h2*3-6H,1-2H2;3*2-5H;/q2*-1;;;;+2/t2*3-,4+,5?,6?;;;;. The molecule has 6 saturated heterocycles. The number of benzene rings is 3. The molecule has 0 N–H and O–H groups in total. The van der Waals surface area contributed by atoms with Crippen molar-refractivity contribution in [3.63, 3.8) is 0 Å². The van der Waals surface area contributed by atoms with E-state index in [-0.39, 0.29) is 0 Å². The van der Waals surface area contributed by atoms with Crippen molar-refractivity contribution in [1.29, 1.82) is 0 Å². The Labute approximate surface area is 292 Å².